The highest BCUT2D eigenvalue weighted by molar-refractivity contribution is 6.06. The Morgan fingerprint density at radius 2 is 1.31 bits per heavy atom. The molecular formula is C12H10Cl2N2. The van der Waals surface area contributed by atoms with Crippen LogP contribution in [0.5, 0.6) is 0 Å². The number of nitrogens with zero attached hydrogens (tertiary/aromatic N) is 2. The van der Waals surface area contributed by atoms with Crippen molar-refractivity contribution in [3.63, 3.8) is 0 Å². The summed E-state index contributed by atoms with van der Waals surface area (Å²) in [5, 5.41) is 4.78. The maximum absolute atomic E-state index is 4.14. The van der Waals surface area contributed by atoms with E-state index in [2.05, 4.69) is 22.1 Å². The lowest BCUT2D eigenvalue weighted by Crippen LogP contribution is -1.79. The predicted octanol–water partition coefficient (Wildman–Crippen LogP) is 3.63. The van der Waals surface area contributed by atoms with E-state index >= 15 is 0 Å². The fourth-order valence-electron chi connectivity index (χ4n) is 1.74. The number of hydrogen-bond acceptors (Lipinski definition) is 2. The molecule has 4 heteroatoms. The van der Waals surface area contributed by atoms with Crippen LogP contribution in [0.25, 0.3) is 21.5 Å². The minimum absolute atomic E-state index is 0. The average Bonchev–Trinajstić information content (AvgIpc) is 2.29. The van der Waals surface area contributed by atoms with Crippen LogP contribution in [0, 0.1) is 0 Å². The van der Waals surface area contributed by atoms with Gasteiger partial charge in [0.15, 0.2) is 0 Å². The summed E-state index contributed by atoms with van der Waals surface area (Å²) in [5.41, 5.74) is 0. The second-order valence-electron chi connectivity index (χ2n) is 3.26. The zero-order chi connectivity index (χ0) is 9.38. The first-order valence-electron chi connectivity index (χ1n) is 4.51. The molecule has 0 aliphatic rings. The monoisotopic (exact) mass is 252 g/mol. The molecule has 2 aromatic heterocycles. The minimum Gasteiger partial charge on any atom is -0.264 e. The second-order valence-corrected chi connectivity index (χ2v) is 3.26. The lowest BCUT2D eigenvalue weighted by molar-refractivity contribution is 1.35. The van der Waals surface area contributed by atoms with Crippen LogP contribution in [-0.4, -0.2) is 9.97 Å². The van der Waals surface area contributed by atoms with Crippen LogP contribution in [0.3, 0.4) is 0 Å². The molecule has 0 aliphatic heterocycles. The van der Waals surface area contributed by atoms with Crippen LogP contribution in [0.15, 0.2) is 49.1 Å². The first-order valence-corrected chi connectivity index (χ1v) is 4.51. The molecule has 2 heterocycles. The first-order chi connectivity index (χ1) is 6.95. The van der Waals surface area contributed by atoms with Gasteiger partial charge in [0.05, 0.1) is 0 Å². The number of halogens is 2. The molecule has 0 aliphatic carbocycles. The smallest absolute Gasteiger partial charge is 0.0352 e. The Hall–Kier alpha value is -1.38. The van der Waals surface area contributed by atoms with E-state index in [1.807, 2.05) is 36.9 Å². The van der Waals surface area contributed by atoms with E-state index < -0.39 is 0 Å². The molecule has 0 amide bonds. The second kappa shape index (κ2) is 5.10. The molecule has 0 N–H and O–H groups in total. The number of pyridine rings is 2. The first kappa shape index (κ1) is 12.7. The fourth-order valence-corrected chi connectivity index (χ4v) is 1.74. The predicted molar refractivity (Wildman–Crippen MR) is 71.5 cm³/mol. The summed E-state index contributed by atoms with van der Waals surface area (Å²) in [5.74, 6) is 0. The topological polar surface area (TPSA) is 25.8 Å². The Kier molecular flexibility index (Phi) is 4.05. The summed E-state index contributed by atoms with van der Waals surface area (Å²) in [6, 6.07) is 8.24. The quantitative estimate of drug-likeness (QED) is 0.572. The molecule has 0 atom stereocenters. The van der Waals surface area contributed by atoms with Gasteiger partial charge in [-0.2, -0.15) is 0 Å². The van der Waals surface area contributed by atoms with Crippen molar-refractivity contribution in [3.8, 4) is 0 Å². The Morgan fingerprint density at radius 1 is 0.625 bits per heavy atom. The van der Waals surface area contributed by atoms with Crippen LogP contribution in [0.2, 0.25) is 0 Å². The Morgan fingerprint density at radius 3 is 2.19 bits per heavy atom. The molecule has 0 unspecified atom stereocenters. The Bertz CT molecular complexity index is 556. The molecule has 0 fully saturated rings. The van der Waals surface area contributed by atoms with Crippen molar-refractivity contribution in [2.75, 3.05) is 0 Å². The molecule has 1 aromatic carbocycles. The third-order valence-electron chi connectivity index (χ3n) is 2.44. The summed E-state index contributed by atoms with van der Waals surface area (Å²) in [7, 11) is 0. The molecule has 0 radical (unpaired) electrons. The third-order valence-corrected chi connectivity index (χ3v) is 2.44. The molecule has 0 saturated carbocycles. The van der Waals surface area contributed by atoms with Crippen molar-refractivity contribution in [1.29, 1.82) is 0 Å². The van der Waals surface area contributed by atoms with E-state index in [4.69, 9.17) is 0 Å². The van der Waals surface area contributed by atoms with Crippen molar-refractivity contribution in [2.24, 2.45) is 0 Å². The molecule has 0 spiro atoms. The van der Waals surface area contributed by atoms with E-state index in [9.17, 15) is 0 Å². The standard InChI is InChI=1S/C12H8N2.2ClH/c1-2-10-7-13-6-4-11(10)12-8-14-5-3-9(1)12;;/h1-8H;2*1H. The van der Waals surface area contributed by atoms with Crippen LogP contribution in [-0.2, 0) is 0 Å². The highest BCUT2D eigenvalue weighted by atomic mass is 35.5. The zero-order valence-electron chi connectivity index (χ0n) is 8.33. The Labute approximate surface area is 106 Å². The summed E-state index contributed by atoms with van der Waals surface area (Å²) in [4.78, 5) is 8.24. The van der Waals surface area contributed by atoms with Gasteiger partial charge in [0.25, 0.3) is 0 Å². The zero-order valence-corrected chi connectivity index (χ0v) is 9.96. The van der Waals surface area contributed by atoms with Crippen molar-refractivity contribution in [3.05, 3.63) is 49.1 Å². The molecule has 16 heavy (non-hydrogen) atoms. The SMILES string of the molecule is Cl.Cl.c1cc2c(ccc3ccncc32)cn1. The summed E-state index contributed by atoms with van der Waals surface area (Å²) >= 11 is 0. The molecular weight excluding hydrogens is 243 g/mol. The summed E-state index contributed by atoms with van der Waals surface area (Å²) in [6.07, 6.45) is 7.41. The number of fused-ring (bicyclic) bond motifs is 3. The van der Waals surface area contributed by atoms with Crippen molar-refractivity contribution in [2.45, 2.75) is 0 Å². The lowest BCUT2D eigenvalue weighted by atomic mass is 10.1. The van der Waals surface area contributed by atoms with Crippen molar-refractivity contribution >= 4 is 46.4 Å². The molecule has 3 rings (SSSR count). The highest BCUT2D eigenvalue weighted by Crippen LogP contribution is 2.22. The highest BCUT2D eigenvalue weighted by Gasteiger charge is 1.98. The lowest BCUT2D eigenvalue weighted by Gasteiger charge is -2.01. The van der Waals surface area contributed by atoms with Gasteiger partial charge in [-0.3, -0.25) is 9.97 Å². The maximum Gasteiger partial charge on any atom is 0.0352 e. The van der Waals surface area contributed by atoms with Gasteiger partial charge in [-0.15, -0.1) is 24.8 Å². The number of aromatic nitrogens is 2. The third kappa shape index (κ3) is 1.94. The van der Waals surface area contributed by atoms with Gasteiger partial charge in [0, 0.05) is 35.6 Å². The van der Waals surface area contributed by atoms with Gasteiger partial charge >= 0.3 is 0 Å². The largest absolute Gasteiger partial charge is 0.264 e. The maximum atomic E-state index is 4.14. The fraction of sp³-hybridized carbons (Fsp3) is 0. The van der Waals surface area contributed by atoms with E-state index in [0.717, 1.165) is 5.39 Å². The number of benzene rings is 1. The van der Waals surface area contributed by atoms with Gasteiger partial charge in [-0.25, -0.2) is 0 Å². The van der Waals surface area contributed by atoms with Crippen LogP contribution in [0.4, 0.5) is 0 Å². The van der Waals surface area contributed by atoms with E-state index in [0.29, 0.717) is 0 Å². The Balaban J connectivity index is 0.000000640. The number of hydrogen-bond donors (Lipinski definition) is 0. The summed E-state index contributed by atoms with van der Waals surface area (Å²) in [6.45, 7) is 0. The van der Waals surface area contributed by atoms with Gasteiger partial charge in [0.2, 0.25) is 0 Å². The van der Waals surface area contributed by atoms with Crippen LogP contribution < -0.4 is 0 Å². The molecule has 0 bridgehead atoms. The molecule has 3 aromatic rings. The van der Waals surface area contributed by atoms with E-state index in [1.54, 1.807) is 0 Å². The van der Waals surface area contributed by atoms with Crippen LogP contribution in [0.1, 0.15) is 0 Å². The van der Waals surface area contributed by atoms with E-state index in [-0.39, 0.29) is 24.8 Å². The summed E-state index contributed by atoms with van der Waals surface area (Å²) < 4.78 is 0. The molecule has 0 saturated heterocycles. The van der Waals surface area contributed by atoms with Crippen LogP contribution >= 0.6 is 24.8 Å². The van der Waals surface area contributed by atoms with E-state index in [1.165, 1.54) is 16.2 Å². The molecule has 2 nitrogen and oxygen atoms in total. The number of rotatable bonds is 0. The molecule has 82 valence electrons. The average molecular weight is 253 g/mol. The van der Waals surface area contributed by atoms with Gasteiger partial charge in [0.1, 0.15) is 0 Å². The van der Waals surface area contributed by atoms with Gasteiger partial charge < -0.3 is 0 Å². The normalized spacial score (nSPS) is 9.50. The minimum atomic E-state index is 0. The van der Waals surface area contributed by atoms with Gasteiger partial charge in [-0.1, -0.05) is 12.1 Å². The van der Waals surface area contributed by atoms with Gasteiger partial charge in [-0.05, 0) is 22.9 Å². The van der Waals surface area contributed by atoms with Crippen molar-refractivity contribution < 1.29 is 0 Å². The van der Waals surface area contributed by atoms with Crippen molar-refractivity contribution in [1.82, 2.24) is 9.97 Å².